The van der Waals surface area contributed by atoms with Gasteiger partial charge < -0.3 is 5.32 Å². The molecule has 0 radical (unpaired) electrons. The third-order valence-electron chi connectivity index (χ3n) is 2.47. The van der Waals surface area contributed by atoms with E-state index in [4.69, 9.17) is 5.26 Å². The van der Waals surface area contributed by atoms with E-state index in [0.717, 1.165) is 25.1 Å². The van der Waals surface area contributed by atoms with Crippen molar-refractivity contribution in [2.24, 2.45) is 0 Å². The predicted molar refractivity (Wildman–Crippen MR) is 62.4 cm³/mol. The summed E-state index contributed by atoms with van der Waals surface area (Å²) < 4.78 is 13.3. The minimum Gasteiger partial charge on any atom is -0.313 e. The van der Waals surface area contributed by atoms with Crippen molar-refractivity contribution in [2.45, 2.75) is 33.2 Å². The standard InChI is InChI=1S/C13H17FN2/c1-10-7-12(8-11(2)13(10)14)9-16-6-4-3-5-15/h7-8,16H,3-4,6,9H2,1-2H3. The highest BCUT2D eigenvalue weighted by atomic mass is 19.1. The largest absolute Gasteiger partial charge is 0.313 e. The maximum atomic E-state index is 13.3. The lowest BCUT2D eigenvalue weighted by atomic mass is 10.1. The van der Waals surface area contributed by atoms with Gasteiger partial charge in [-0.3, -0.25) is 0 Å². The summed E-state index contributed by atoms with van der Waals surface area (Å²) >= 11 is 0. The summed E-state index contributed by atoms with van der Waals surface area (Å²) in [5, 5.41) is 11.6. The Morgan fingerprint density at radius 2 is 1.94 bits per heavy atom. The number of aryl methyl sites for hydroxylation is 2. The van der Waals surface area contributed by atoms with Gasteiger partial charge in [0.25, 0.3) is 0 Å². The quantitative estimate of drug-likeness (QED) is 0.774. The van der Waals surface area contributed by atoms with E-state index < -0.39 is 0 Å². The Morgan fingerprint density at radius 1 is 1.31 bits per heavy atom. The number of rotatable bonds is 5. The zero-order valence-electron chi connectivity index (χ0n) is 9.81. The Labute approximate surface area is 96.1 Å². The monoisotopic (exact) mass is 220 g/mol. The second-order valence-corrected chi connectivity index (χ2v) is 3.98. The van der Waals surface area contributed by atoms with E-state index in [-0.39, 0.29) is 5.82 Å². The molecule has 0 aliphatic carbocycles. The first-order valence-electron chi connectivity index (χ1n) is 5.48. The van der Waals surface area contributed by atoms with Crippen molar-refractivity contribution in [3.63, 3.8) is 0 Å². The summed E-state index contributed by atoms with van der Waals surface area (Å²) in [5.74, 6) is -0.117. The molecule has 0 atom stereocenters. The molecule has 86 valence electrons. The lowest BCUT2D eigenvalue weighted by Gasteiger charge is -2.07. The van der Waals surface area contributed by atoms with E-state index in [1.165, 1.54) is 0 Å². The first-order valence-corrected chi connectivity index (χ1v) is 5.48. The van der Waals surface area contributed by atoms with Gasteiger partial charge in [-0.1, -0.05) is 12.1 Å². The van der Waals surface area contributed by atoms with Gasteiger partial charge in [-0.25, -0.2) is 4.39 Å². The van der Waals surface area contributed by atoms with Crippen molar-refractivity contribution in [3.05, 3.63) is 34.6 Å². The maximum absolute atomic E-state index is 13.3. The molecule has 0 saturated carbocycles. The smallest absolute Gasteiger partial charge is 0.129 e. The zero-order chi connectivity index (χ0) is 12.0. The molecule has 1 N–H and O–H groups in total. The number of nitrogens with one attached hydrogen (secondary N) is 1. The minimum absolute atomic E-state index is 0.117. The second kappa shape index (κ2) is 6.24. The SMILES string of the molecule is Cc1cc(CNCCCC#N)cc(C)c1F. The third kappa shape index (κ3) is 3.63. The molecule has 1 rings (SSSR count). The minimum atomic E-state index is -0.117. The summed E-state index contributed by atoms with van der Waals surface area (Å²) in [5.41, 5.74) is 2.47. The zero-order valence-corrected chi connectivity index (χ0v) is 9.81. The number of unbranched alkanes of at least 4 members (excludes halogenated alkanes) is 1. The summed E-state index contributed by atoms with van der Waals surface area (Å²) in [6, 6.07) is 5.82. The van der Waals surface area contributed by atoms with Gasteiger partial charge in [0.05, 0.1) is 6.07 Å². The van der Waals surface area contributed by atoms with Crippen LogP contribution in [0.3, 0.4) is 0 Å². The van der Waals surface area contributed by atoms with Crippen molar-refractivity contribution in [2.75, 3.05) is 6.54 Å². The van der Waals surface area contributed by atoms with Gasteiger partial charge >= 0.3 is 0 Å². The van der Waals surface area contributed by atoms with E-state index in [2.05, 4.69) is 11.4 Å². The predicted octanol–water partition coefficient (Wildman–Crippen LogP) is 2.84. The van der Waals surface area contributed by atoms with Gasteiger partial charge in [-0.2, -0.15) is 5.26 Å². The van der Waals surface area contributed by atoms with Crippen LogP contribution in [0.15, 0.2) is 12.1 Å². The lowest BCUT2D eigenvalue weighted by molar-refractivity contribution is 0.605. The molecule has 3 heteroatoms. The van der Waals surface area contributed by atoms with Crippen LogP contribution in [0, 0.1) is 31.0 Å². The van der Waals surface area contributed by atoms with Crippen LogP contribution in [0.2, 0.25) is 0 Å². The molecular weight excluding hydrogens is 203 g/mol. The van der Waals surface area contributed by atoms with Gasteiger partial charge in [0, 0.05) is 13.0 Å². The molecule has 0 aliphatic heterocycles. The molecule has 0 fully saturated rings. The maximum Gasteiger partial charge on any atom is 0.129 e. The van der Waals surface area contributed by atoms with Crippen LogP contribution in [0.25, 0.3) is 0 Å². The van der Waals surface area contributed by atoms with Crippen LogP contribution in [0.1, 0.15) is 29.5 Å². The number of nitrogens with zero attached hydrogens (tertiary/aromatic N) is 1. The molecule has 0 amide bonds. The molecule has 0 saturated heterocycles. The topological polar surface area (TPSA) is 35.8 Å². The average Bonchev–Trinajstić information content (AvgIpc) is 2.25. The molecule has 0 spiro atoms. The first kappa shape index (κ1) is 12.7. The van der Waals surface area contributed by atoms with Gasteiger partial charge in [-0.15, -0.1) is 0 Å². The Morgan fingerprint density at radius 3 is 2.50 bits per heavy atom. The number of halogens is 1. The molecule has 1 aromatic rings. The fraction of sp³-hybridized carbons (Fsp3) is 0.462. The Hall–Kier alpha value is -1.40. The van der Waals surface area contributed by atoms with Crippen molar-refractivity contribution in [3.8, 4) is 6.07 Å². The normalized spacial score (nSPS) is 10.1. The third-order valence-corrected chi connectivity index (χ3v) is 2.47. The fourth-order valence-corrected chi connectivity index (χ4v) is 1.66. The molecule has 16 heavy (non-hydrogen) atoms. The lowest BCUT2D eigenvalue weighted by Crippen LogP contribution is -2.14. The fourth-order valence-electron chi connectivity index (χ4n) is 1.66. The van der Waals surface area contributed by atoms with Crippen molar-refractivity contribution in [1.82, 2.24) is 5.32 Å². The highest BCUT2D eigenvalue weighted by Crippen LogP contribution is 2.14. The van der Waals surface area contributed by atoms with E-state index in [0.29, 0.717) is 17.5 Å². The van der Waals surface area contributed by atoms with Crippen molar-refractivity contribution < 1.29 is 4.39 Å². The summed E-state index contributed by atoms with van der Waals surface area (Å²) in [6.07, 6.45) is 1.43. The van der Waals surface area contributed by atoms with Crippen molar-refractivity contribution in [1.29, 1.82) is 5.26 Å². The summed E-state index contributed by atoms with van der Waals surface area (Å²) in [7, 11) is 0. The highest BCUT2D eigenvalue weighted by molar-refractivity contribution is 5.30. The van der Waals surface area contributed by atoms with E-state index in [9.17, 15) is 4.39 Å². The van der Waals surface area contributed by atoms with E-state index >= 15 is 0 Å². The van der Waals surface area contributed by atoms with Gasteiger partial charge in [-0.05, 0) is 43.5 Å². The summed E-state index contributed by atoms with van der Waals surface area (Å²) in [6.45, 7) is 5.11. The number of nitriles is 1. The van der Waals surface area contributed by atoms with Crippen LogP contribution in [-0.2, 0) is 6.54 Å². The van der Waals surface area contributed by atoms with E-state index in [1.54, 1.807) is 13.8 Å². The number of hydrogen-bond acceptors (Lipinski definition) is 2. The Bertz CT molecular complexity index is 370. The van der Waals surface area contributed by atoms with Crippen LogP contribution in [-0.4, -0.2) is 6.54 Å². The van der Waals surface area contributed by atoms with Crippen LogP contribution >= 0.6 is 0 Å². The Balaban J connectivity index is 2.46. The molecule has 2 nitrogen and oxygen atoms in total. The van der Waals surface area contributed by atoms with Gasteiger partial charge in [0.1, 0.15) is 5.82 Å². The Kier molecular flexibility index (Phi) is 4.94. The molecular formula is C13H17FN2. The highest BCUT2D eigenvalue weighted by Gasteiger charge is 2.03. The number of hydrogen-bond donors (Lipinski definition) is 1. The molecule has 1 aromatic carbocycles. The molecule has 0 unspecified atom stereocenters. The van der Waals surface area contributed by atoms with Crippen LogP contribution < -0.4 is 5.32 Å². The van der Waals surface area contributed by atoms with E-state index in [1.807, 2.05) is 12.1 Å². The molecule has 0 bridgehead atoms. The summed E-state index contributed by atoms with van der Waals surface area (Å²) in [4.78, 5) is 0. The van der Waals surface area contributed by atoms with Crippen molar-refractivity contribution >= 4 is 0 Å². The molecule has 0 aromatic heterocycles. The molecule has 0 aliphatic rings. The van der Waals surface area contributed by atoms with Crippen LogP contribution in [0.4, 0.5) is 4.39 Å². The second-order valence-electron chi connectivity index (χ2n) is 3.98. The average molecular weight is 220 g/mol. The van der Waals surface area contributed by atoms with Gasteiger partial charge in [0.15, 0.2) is 0 Å². The van der Waals surface area contributed by atoms with Crippen LogP contribution in [0.5, 0.6) is 0 Å². The van der Waals surface area contributed by atoms with Gasteiger partial charge in [0.2, 0.25) is 0 Å². The number of benzene rings is 1. The molecule has 0 heterocycles. The first-order chi connectivity index (χ1) is 7.65.